The molecule has 1 saturated heterocycles. The topological polar surface area (TPSA) is 52.6 Å². The van der Waals surface area contributed by atoms with Crippen molar-refractivity contribution in [3.8, 4) is 0 Å². The van der Waals surface area contributed by atoms with Crippen molar-refractivity contribution in [1.29, 1.82) is 0 Å². The van der Waals surface area contributed by atoms with Gasteiger partial charge in [0.1, 0.15) is 17.3 Å². The quantitative estimate of drug-likeness (QED) is 0.876. The van der Waals surface area contributed by atoms with Crippen LogP contribution in [0.4, 0.5) is 14.5 Å². The fraction of sp³-hybridized carbons (Fsp3) is 0.533. The minimum atomic E-state index is -0.778. The number of nitrogens with one attached hydrogen (secondary N) is 1. The second-order valence-corrected chi connectivity index (χ2v) is 5.84. The summed E-state index contributed by atoms with van der Waals surface area (Å²) < 4.78 is 27.5. The number of aliphatic hydroxyl groups excluding tert-OH is 1. The van der Waals surface area contributed by atoms with E-state index in [1.54, 1.807) is 4.90 Å². The molecule has 1 aromatic rings. The number of hydrogen-bond acceptors (Lipinski definition) is 3. The van der Waals surface area contributed by atoms with Gasteiger partial charge in [-0.05, 0) is 30.9 Å². The maximum absolute atomic E-state index is 13.7. The summed E-state index contributed by atoms with van der Waals surface area (Å²) in [5.74, 6) is -1.53. The molecule has 1 aliphatic heterocycles. The Kier molecular flexibility index (Phi) is 3.57. The van der Waals surface area contributed by atoms with Crippen molar-refractivity contribution in [3.63, 3.8) is 0 Å². The van der Waals surface area contributed by atoms with Gasteiger partial charge in [-0.2, -0.15) is 0 Å². The summed E-state index contributed by atoms with van der Waals surface area (Å²) in [6.45, 7) is 1.01. The van der Waals surface area contributed by atoms with Gasteiger partial charge in [-0.25, -0.2) is 8.78 Å². The standard InChI is InChI=1S/C15H18F2N2O2/c1-18-14-11(16)4-9(5-12(14)17)15(21)19-6-8-2-3-13(20)10(8)7-19/h4-5,8,10,13,18,20H,2-3,6-7H2,1H3. The SMILES string of the molecule is CNc1c(F)cc(C(=O)N2CC3CCC(O)C3C2)cc1F. The van der Waals surface area contributed by atoms with Crippen LogP contribution in [0.25, 0.3) is 0 Å². The summed E-state index contributed by atoms with van der Waals surface area (Å²) >= 11 is 0. The molecule has 114 valence electrons. The Labute approximate surface area is 121 Å². The summed E-state index contributed by atoms with van der Waals surface area (Å²) in [5, 5.41) is 12.3. The molecule has 1 saturated carbocycles. The molecule has 2 N–H and O–H groups in total. The summed E-state index contributed by atoms with van der Waals surface area (Å²) in [5.41, 5.74) is -0.223. The highest BCUT2D eigenvalue weighted by Gasteiger charge is 2.43. The van der Waals surface area contributed by atoms with Gasteiger partial charge in [0.05, 0.1) is 6.10 Å². The summed E-state index contributed by atoms with van der Waals surface area (Å²) in [6, 6.07) is 2.11. The minimum Gasteiger partial charge on any atom is -0.393 e. The van der Waals surface area contributed by atoms with Crippen LogP contribution in [-0.4, -0.2) is 42.2 Å². The summed E-state index contributed by atoms with van der Waals surface area (Å²) in [7, 11) is 1.42. The monoisotopic (exact) mass is 296 g/mol. The zero-order valence-corrected chi connectivity index (χ0v) is 11.8. The predicted octanol–water partition coefficient (Wildman–Crippen LogP) is 1.85. The molecule has 0 aromatic heterocycles. The number of fused-ring (bicyclic) bond motifs is 1. The predicted molar refractivity (Wildman–Crippen MR) is 74.0 cm³/mol. The number of hydrogen-bond donors (Lipinski definition) is 2. The van der Waals surface area contributed by atoms with Crippen LogP contribution < -0.4 is 5.32 Å². The van der Waals surface area contributed by atoms with Crippen molar-refractivity contribution in [2.45, 2.75) is 18.9 Å². The lowest BCUT2D eigenvalue weighted by Gasteiger charge is -2.19. The molecule has 2 fully saturated rings. The lowest BCUT2D eigenvalue weighted by molar-refractivity contribution is 0.0751. The van der Waals surface area contributed by atoms with Crippen LogP contribution in [0.2, 0.25) is 0 Å². The second-order valence-electron chi connectivity index (χ2n) is 5.84. The smallest absolute Gasteiger partial charge is 0.254 e. The van der Waals surface area contributed by atoms with E-state index in [4.69, 9.17) is 0 Å². The number of rotatable bonds is 2. The van der Waals surface area contributed by atoms with Gasteiger partial charge in [0.15, 0.2) is 0 Å². The number of benzene rings is 1. The molecule has 1 heterocycles. The zero-order chi connectivity index (χ0) is 15.1. The molecule has 3 unspecified atom stereocenters. The molecule has 3 rings (SSSR count). The van der Waals surface area contributed by atoms with E-state index in [9.17, 15) is 18.7 Å². The van der Waals surface area contributed by atoms with E-state index in [2.05, 4.69) is 5.32 Å². The number of aliphatic hydroxyl groups is 1. The van der Waals surface area contributed by atoms with E-state index in [-0.39, 0.29) is 29.2 Å². The van der Waals surface area contributed by atoms with Crippen molar-refractivity contribution in [2.75, 3.05) is 25.5 Å². The van der Waals surface area contributed by atoms with E-state index in [0.717, 1.165) is 25.0 Å². The fourth-order valence-electron chi connectivity index (χ4n) is 3.52. The normalized spacial score (nSPS) is 27.8. The number of nitrogens with zero attached hydrogens (tertiary/aromatic N) is 1. The van der Waals surface area contributed by atoms with Gasteiger partial charge < -0.3 is 15.3 Å². The van der Waals surface area contributed by atoms with Gasteiger partial charge in [-0.3, -0.25) is 4.79 Å². The Bertz CT molecular complexity index is 556. The molecule has 6 heteroatoms. The Morgan fingerprint density at radius 1 is 1.29 bits per heavy atom. The van der Waals surface area contributed by atoms with Crippen molar-refractivity contribution < 1.29 is 18.7 Å². The Morgan fingerprint density at radius 2 is 1.95 bits per heavy atom. The van der Waals surface area contributed by atoms with E-state index < -0.39 is 11.6 Å². The summed E-state index contributed by atoms with van der Waals surface area (Å²) in [4.78, 5) is 14.0. The van der Waals surface area contributed by atoms with Crippen LogP contribution in [0, 0.1) is 23.5 Å². The number of halogens is 2. The fourth-order valence-corrected chi connectivity index (χ4v) is 3.52. The van der Waals surface area contributed by atoms with E-state index in [1.165, 1.54) is 7.05 Å². The average Bonchev–Trinajstić information content (AvgIpc) is 3.00. The first-order valence-electron chi connectivity index (χ1n) is 7.15. The Balaban J connectivity index is 1.80. The number of carbonyl (C=O) groups is 1. The molecule has 3 atom stereocenters. The molecular formula is C15H18F2N2O2. The van der Waals surface area contributed by atoms with E-state index in [1.807, 2.05) is 0 Å². The molecule has 1 aromatic carbocycles. The second kappa shape index (κ2) is 5.26. The maximum Gasteiger partial charge on any atom is 0.254 e. The molecule has 21 heavy (non-hydrogen) atoms. The lowest BCUT2D eigenvalue weighted by Crippen LogP contribution is -2.31. The first kappa shape index (κ1) is 14.3. The number of carbonyl (C=O) groups excluding carboxylic acids is 1. The van der Waals surface area contributed by atoms with Gasteiger partial charge in [0.25, 0.3) is 5.91 Å². The van der Waals surface area contributed by atoms with Crippen LogP contribution in [0.3, 0.4) is 0 Å². The molecule has 0 bridgehead atoms. The maximum atomic E-state index is 13.7. The first-order valence-corrected chi connectivity index (χ1v) is 7.15. The molecule has 2 aliphatic rings. The van der Waals surface area contributed by atoms with Gasteiger partial charge >= 0.3 is 0 Å². The van der Waals surface area contributed by atoms with Crippen molar-refractivity contribution >= 4 is 11.6 Å². The van der Waals surface area contributed by atoms with Crippen molar-refractivity contribution in [3.05, 3.63) is 29.3 Å². The third-order valence-corrected chi connectivity index (χ3v) is 4.65. The van der Waals surface area contributed by atoms with Gasteiger partial charge in [-0.15, -0.1) is 0 Å². The van der Waals surface area contributed by atoms with Crippen molar-refractivity contribution in [2.24, 2.45) is 11.8 Å². The van der Waals surface area contributed by atoms with Crippen LogP contribution >= 0.6 is 0 Å². The van der Waals surface area contributed by atoms with Crippen LogP contribution in [0.15, 0.2) is 12.1 Å². The van der Waals surface area contributed by atoms with Crippen LogP contribution in [-0.2, 0) is 0 Å². The molecule has 1 aliphatic carbocycles. The highest BCUT2D eigenvalue weighted by atomic mass is 19.1. The third-order valence-electron chi connectivity index (χ3n) is 4.65. The number of amides is 1. The van der Waals surface area contributed by atoms with E-state index in [0.29, 0.717) is 19.0 Å². The number of likely N-dealkylation sites (tertiary alicyclic amines) is 1. The molecule has 0 radical (unpaired) electrons. The Hall–Kier alpha value is -1.69. The van der Waals surface area contributed by atoms with Crippen LogP contribution in [0.1, 0.15) is 23.2 Å². The molecule has 0 spiro atoms. The molecule has 4 nitrogen and oxygen atoms in total. The van der Waals surface area contributed by atoms with Gasteiger partial charge in [-0.1, -0.05) is 0 Å². The van der Waals surface area contributed by atoms with Crippen LogP contribution in [0.5, 0.6) is 0 Å². The summed E-state index contributed by atoms with van der Waals surface area (Å²) in [6.07, 6.45) is 1.31. The minimum absolute atomic E-state index is 0.0125. The highest BCUT2D eigenvalue weighted by Crippen LogP contribution is 2.38. The molecular weight excluding hydrogens is 278 g/mol. The first-order chi connectivity index (χ1) is 10.0. The largest absolute Gasteiger partial charge is 0.393 e. The number of anilines is 1. The average molecular weight is 296 g/mol. The van der Waals surface area contributed by atoms with E-state index >= 15 is 0 Å². The molecule has 1 amide bonds. The third kappa shape index (κ3) is 2.37. The van der Waals surface area contributed by atoms with Gasteiger partial charge in [0.2, 0.25) is 0 Å². The Morgan fingerprint density at radius 3 is 2.52 bits per heavy atom. The van der Waals surface area contributed by atoms with Crippen molar-refractivity contribution in [1.82, 2.24) is 4.90 Å². The van der Waals surface area contributed by atoms with Gasteiger partial charge in [0, 0.05) is 31.6 Å². The zero-order valence-electron chi connectivity index (χ0n) is 11.8. The highest BCUT2D eigenvalue weighted by molar-refractivity contribution is 5.95. The lowest BCUT2D eigenvalue weighted by atomic mass is 10.00.